The molecule has 6 nitrogen and oxygen atoms in total. The molecule has 82 valence electrons. The van der Waals surface area contributed by atoms with Crippen molar-refractivity contribution in [3.63, 3.8) is 0 Å². The second-order valence-electron chi connectivity index (χ2n) is 2.87. The lowest BCUT2D eigenvalue weighted by Crippen LogP contribution is -2.05. The highest BCUT2D eigenvalue weighted by molar-refractivity contribution is 9.10. The molecule has 0 saturated carbocycles. The molecule has 1 aromatic carbocycles. The van der Waals surface area contributed by atoms with E-state index in [4.69, 9.17) is 10.4 Å². The Morgan fingerprint density at radius 3 is 2.69 bits per heavy atom. The number of aliphatic carboxylic acids is 1. The van der Waals surface area contributed by atoms with E-state index in [1.165, 1.54) is 12.1 Å². The van der Waals surface area contributed by atoms with Crippen molar-refractivity contribution in [2.75, 3.05) is 0 Å². The maximum Gasteiger partial charge on any atom is 0.308 e. The predicted octanol–water partition coefficient (Wildman–Crippen LogP) is 1.86. The van der Waals surface area contributed by atoms with E-state index >= 15 is 0 Å². The van der Waals surface area contributed by atoms with Crippen LogP contribution in [0.5, 0.6) is 0 Å². The van der Waals surface area contributed by atoms with E-state index in [-0.39, 0.29) is 15.6 Å². The largest absolute Gasteiger partial charge is 0.481 e. The van der Waals surface area contributed by atoms with Crippen molar-refractivity contribution in [2.45, 2.75) is 6.42 Å². The molecule has 0 atom stereocenters. The second-order valence-corrected chi connectivity index (χ2v) is 3.72. The van der Waals surface area contributed by atoms with Crippen LogP contribution in [0.15, 0.2) is 16.6 Å². The smallest absolute Gasteiger partial charge is 0.308 e. The summed E-state index contributed by atoms with van der Waals surface area (Å²) >= 11 is 3.00. The van der Waals surface area contributed by atoms with E-state index in [1.54, 1.807) is 6.07 Å². The highest BCUT2D eigenvalue weighted by atomic mass is 79.9. The van der Waals surface area contributed by atoms with Gasteiger partial charge < -0.3 is 5.11 Å². The van der Waals surface area contributed by atoms with Gasteiger partial charge in [0.15, 0.2) is 0 Å². The molecule has 0 amide bonds. The normalized spacial score (nSPS) is 9.50. The number of carboxylic acid groups (broad SMARTS) is 1. The second kappa shape index (κ2) is 4.72. The number of benzene rings is 1. The van der Waals surface area contributed by atoms with Crippen LogP contribution in [0.25, 0.3) is 0 Å². The molecule has 0 saturated heterocycles. The Hall–Kier alpha value is -1.94. The molecule has 0 aromatic heterocycles. The number of nitro groups is 1. The number of nitrogens with zero attached hydrogens (tertiary/aromatic N) is 2. The van der Waals surface area contributed by atoms with Crippen molar-refractivity contribution in [3.05, 3.63) is 37.8 Å². The van der Waals surface area contributed by atoms with Crippen molar-refractivity contribution in [2.24, 2.45) is 0 Å². The zero-order chi connectivity index (χ0) is 12.3. The highest BCUT2D eigenvalue weighted by Crippen LogP contribution is 2.30. The molecule has 0 aliphatic carbocycles. The van der Waals surface area contributed by atoms with Crippen LogP contribution in [-0.2, 0) is 11.2 Å². The standard InChI is InChI=1S/C9H5BrN2O4/c10-7-2-1-5(3-8(13)14)9(12(15)16)6(7)4-11/h1-2H,3H2,(H,13,14). The zero-order valence-electron chi connectivity index (χ0n) is 7.81. The lowest BCUT2D eigenvalue weighted by atomic mass is 10.1. The molecule has 0 radical (unpaired) electrons. The molecule has 0 heterocycles. The SMILES string of the molecule is N#Cc1c(Br)ccc(CC(=O)O)c1[N+](=O)[O-]. The maximum atomic E-state index is 10.8. The Labute approximate surface area is 98.4 Å². The van der Waals surface area contributed by atoms with Gasteiger partial charge in [-0.2, -0.15) is 5.26 Å². The lowest BCUT2D eigenvalue weighted by Gasteiger charge is -2.03. The molecule has 0 fully saturated rings. The van der Waals surface area contributed by atoms with Gasteiger partial charge in [-0.25, -0.2) is 0 Å². The topological polar surface area (TPSA) is 104 Å². The molecule has 16 heavy (non-hydrogen) atoms. The van der Waals surface area contributed by atoms with E-state index in [0.717, 1.165) is 0 Å². The van der Waals surface area contributed by atoms with Crippen LogP contribution < -0.4 is 0 Å². The van der Waals surface area contributed by atoms with Gasteiger partial charge in [0.2, 0.25) is 0 Å². The third-order valence-electron chi connectivity index (χ3n) is 1.85. The van der Waals surface area contributed by atoms with Crippen LogP contribution in [0.2, 0.25) is 0 Å². The number of carbonyl (C=O) groups is 1. The van der Waals surface area contributed by atoms with Gasteiger partial charge in [0.05, 0.1) is 11.3 Å². The van der Waals surface area contributed by atoms with Gasteiger partial charge >= 0.3 is 5.97 Å². The minimum absolute atomic E-state index is 0.0113. The Balaban J connectivity index is 3.46. The Bertz CT molecular complexity index is 507. The zero-order valence-corrected chi connectivity index (χ0v) is 9.39. The first-order valence-corrected chi connectivity index (χ1v) is 4.84. The summed E-state index contributed by atoms with van der Waals surface area (Å²) in [6.45, 7) is 0. The number of hydrogen-bond acceptors (Lipinski definition) is 4. The quantitative estimate of drug-likeness (QED) is 0.674. The van der Waals surface area contributed by atoms with Gasteiger partial charge in [0.1, 0.15) is 11.6 Å². The molecule has 0 aliphatic rings. The van der Waals surface area contributed by atoms with Crippen molar-refractivity contribution >= 4 is 27.6 Å². The fourth-order valence-corrected chi connectivity index (χ4v) is 1.64. The molecule has 0 bridgehead atoms. The number of nitro benzene ring substituents is 1. The summed E-state index contributed by atoms with van der Waals surface area (Å²) in [5, 5.41) is 28.1. The minimum Gasteiger partial charge on any atom is -0.481 e. The third-order valence-corrected chi connectivity index (χ3v) is 2.51. The van der Waals surface area contributed by atoms with Crippen LogP contribution >= 0.6 is 15.9 Å². The molecule has 1 aromatic rings. The minimum atomic E-state index is -1.19. The van der Waals surface area contributed by atoms with Gasteiger partial charge in [0, 0.05) is 10.0 Å². The van der Waals surface area contributed by atoms with Gasteiger partial charge in [-0.15, -0.1) is 0 Å². The maximum absolute atomic E-state index is 10.8. The first-order chi connectivity index (χ1) is 7.47. The Morgan fingerprint density at radius 1 is 1.62 bits per heavy atom. The predicted molar refractivity (Wildman–Crippen MR) is 56.9 cm³/mol. The molecule has 0 aliphatic heterocycles. The van der Waals surface area contributed by atoms with Gasteiger partial charge in [-0.3, -0.25) is 14.9 Å². The molecule has 0 spiro atoms. The molecule has 0 unspecified atom stereocenters. The van der Waals surface area contributed by atoms with E-state index < -0.39 is 23.0 Å². The lowest BCUT2D eigenvalue weighted by molar-refractivity contribution is -0.385. The highest BCUT2D eigenvalue weighted by Gasteiger charge is 2.23. The number of halogens is 1. The van der Waals surface area contributed by atoms with Crippen molar-refractivity contribution in [3.8, 4) is 6.07 Å². The van der Waals surface area contributed by atoms with Gasteiger partial charge in [-0.1, -0.05) is 6.07 Å². The van der Waals surface area contributed by atoms with Crippen LogP contribution in [0.4, 0.5) is 5.69 Å². The first-order valence-electron chi connectivity index (χ1n) is 4.05. The van der Waals surface area contributed by atoms with Gasteiger partial charge in [0.25, 0.3) is 5.69 Å². The fourth-order valence-electron chi connectivity index (χ4n) is 1.23. The summed E-state index contributed by atoms with van der Waals surface area (Å²) in [4.78, 5) is 20.5. The summed E-state index contributed by atoms with van der Waals surface area (Å²) < 4.78 is 0.274. The third kappa shape index (κ3) is 2.35. The average Bonchev–Trinajstić information content (AvgIpc) is 2.18. The van der Waals surface area contributed by atoms with E-state index in [1.807, 2.05) is 0 Å². The Morgan fingerprint density at radius 2 is 2.25 bits per heavy atom. The van der Waals surface area contributed by atoms with Crippen LogP contribution in [-0.4, -0.2) is 16.0 Å². The molecule has 1 N–H and O–H groups in total. The van der Waals surface area contributed by atoms with E-state index in [0.29, 0.717) is 0 Å². The molecule has 1 rings (SSSR count). The van der Waals surface area contributed by atoms with Gasteiger partial charge in [-0.05, 0) is 22.0 Å². The van der Waals surface area contributed by atoms with Crippen molar-refractivity contribution < 1.29 is 14.8 Å². The molecule has 7 heteroatoms. The van der Waals surface area contributed by atoms with Crippen LogP contribution in [0.3, 0.4) is 0 Å². The van der Waals surface area contributed by atoms with Crippen molar-refractivity contribution in [1.82, 2.24) is 0 Å². The number of hydrogen-bond donors (Lipinski definition) is 1. The molecular weight excluding hydrogens is 280 g/mol. The summed E-state index contributed by atoms with van der Waals surface area (Å²) in [5.74, 6) is -1.19. The number of carboxylic acids is 1. The van der Waals surface area contributed by atoms with E-state index in [9.17, 15) is 14.9 Å². The molecular formula is C9H5BrN2O4. The monoisotopic (exact) mass is 284 g/mol. The summed E-state index contributed by atoms with van der Waals surface area (Å²) in [6, 6.07) is 4.41. The van der Waals surface area contributed by atoms with Crippen LogP contribution in [0, 0.1) is 21.4 Å². The number of nitriles is 1. The summed E-state index contributed by atoms with van der Waals surface area (Å²) in [5.41, 5.74) is -0.611. The number of rotatable bonds is 3. The Kier molecular flexibility index (Phi) is 3.58. The van der Waals surface area contributed by atoms with Crippen LogP contribution in [0.1, 0.15) is 11.1 Å². The average molecular weight is 285 g/mol. The van der Waals surface area contributed by atoms with Crippen molar-refractivity contribution in [1.29, 1.82) is 5.26 Å². The van der Waals surface area contributed by atoms with E-state index in [2.05, 4.69) is 15.9 Å². The first kappa shape index (κ1) is 12.1. The fraction of sp³-hybridized carbons (Fsp3) is 0.111. The summed E-state index contributed by atoms with van der Waals surface area (Å²) in [6.07, 6.45) is -0.488. The summed E-state index contributed by atoms with van der Waals surface area (Å²) in [7, 11) is 0.